The summed E-state index contributed by atoms with van der Waals surface area (Å²) in [6.45, 7) is 0.313. The lowest BCUT2D eigenvalue weighted by Gasteiger charge is -2.21. The summed E-state index contributed by atoms with van der Waals surface area (Å²) < 4.78 is 27.1. The average Bonchev–Trinajstić information content (AvgIpc) is 2.03. The molecule has 4 nitrogen and oxygen atoms in total. The molecule has 0 aromatic carbocycles. The van der Waals surface area contributed by atoms with Gasteiger partial charge in [0, 0.05) is 0 Å². The maximum Gasteiger partial charge on any atom is 0.150 e. The second-order valence-corrected chi connectivity index (χ2v) is 5.25. The van der Waals surface area contributed by atoms with Crippen molar-refractivity contribution in [3.05, 3.63) is 0 Å². The van der Waals surface area contributed by atoms with Gasteiger partial charge < -0.3 is 9.84 Å². The van der Waals surface area contributed by atoms with Gasteiger partial charge in [-0.2, -0.15) is 0 Å². The summed E-state index contributed by atoms with van der Waals surface area (Å²) in [5, 5.41) is 8.46. The van der Waals surface area contributed by atoms with Crippen molar-refractivity contribution in [2.24, 2.45) is 0 Å². The minimum Gasteiger partial charge on any atom is -0.394 e. The summed E-state index contributed by atoms with van der Waals surface area (Å²) in [6, 6.07) is 0. The van der Waals surface area contributed by atoms with Crippen molar-refractivity contribution in [2.75, 3.05) is 24.7 Å². The van der Waals surface area contributed by atoms with Gasteiger partial charge in [0.25, 0.3) is 0 Å². The van der Waals surface area contributed by atoms with Crippen LogP contribution in [0.4, 0.5) is 0 Å². The van der Waals surface area contributed by atoms with Gasteiger partial charge in [0.1, 0.15) is 0 Å². The largest absolute Gasteiger partial charge is 0.394 e. The lowest BCUT2D eigenvalue weighted by molar-refractivity contribution is 0.0238. The second-order valence-electron chi connectivity index (χ2n) is 2.95. The van der Waals surface area contributed by atoms with Crippen LogP contribution in [0.15, 0.2) is 0 Å². The third-order valence-corrected chi connectivity index (χ3v) is 3.66. The minimum absolute atomic E-state index is 0.00322. The van der Waals surface area contributed by atoms with Crippen molar-refractivity contribution in [1.29, 1.82) is 0 Å². The number of rotatable bonds is 3. The first-order valence-corrected chi connectivity index (χ1v) is 5.89. The van der Waals surface area contributed by atoms with E-state index in [4.69, 9.17) is 9.84 Å². The molecule has 1 fully saturated rings. The van der Waals surface area contributed by atoms with Crippen LogP contribution in [0.1, 0.15) is 12.8 Å². The molecule has 0 unspecified atom stereocenters. The van der Waals surface area contributed by atoms with Crippen LogP contribution in [-0.2, 0) is 14.6 Å². The highest BCUT2D eigenvalue weighted by Crippen LogP contribution is 2.14. The van der Waals surface area contributed by atoms with Crippen LogP contribution >= 0.6 is 0 Å². The molecule has 1 N–H and O–H groups in total. The predicted octanol–water partition coefficient (Wildman–Crippen LogP) is -0.427. The van der Waals surface area contributed by atoms with E-state index in [2.05, 4.69) is 0 Å². The topological polar surface area (TPSA) is 63.6 Å². The maximum atomic E-state index is 11.0. The lowest BCUT2D eigenvalue weighted by Crippen LogP contribution is -2.29. The Hall–Kier alpha value is -0.130. The molecule has 1 rings (SSSR count). The molecule has 0 aliphatic carbocycles. The van der Waals surface area contributed by atoms with Crippen LogP contribution in [0.2, 0.25) is 0 Å². The molecule has 1 aliphatic heterocycles. The number of hydrogen-bond donors (Lipinski definition) is 1. The maximum absolute atomic E-state index is 11.0. The van der Waals surface area contributed by atoms with E-state index in [9.17, 15) is 8.42 Å². The van der Waals surface area contributed by atoms with Crippen molar-refractivity contribution in [3.8, 4) is 0 Å². The average molecular weight is 194 g/mol. The molecule has 0 aromatic rings. The zero-order chi connectivity index (χ0) is 9.03. The SMILES string of the molecule is O=S1(=O)CCC(OCCO)CC1. The summed E-state index contributed by atoms with van der Waals surface area (Å²) in [6.07, 6.45) is 1.17. The molecule has 0 amide bonds. The molecule has 12 heavy (non-hydrogen) atoms. The van der Waals surface area contributed by atoms with Crippen molar-refractivity contribution < 1.29 is 18.3 Å². The van der Waals surface area contributed by atoms with Gasteiger partial charge in [-0.3, -0.25) is 0 Å². The molecule has 0 saturated carbocycles. The van der Waals surface area contributed by atoms with Gasteiger partial charge in [-0.15, -0.1) is 0 Å². The summed E-state index contributed by atoms with van der Waals surface area (Å²) in [5.41, 5.74) is 0. The summed E-state index contributed by atoms with van der Waals surface area (Å²) >= 11 is 0. The van der Waals surface area contributed by atoms with Gasteiger partial charge in [0.2, 0.25) is 0 Å². The fourth-order valence-corrected chi connectivity index (χ4v) is 2.70. The lowest BCUT2D eigenvalue weighted by atomic mass is 10.2. The monoisotopic (exact) mass is 194 g/mol. The van der Waals surface area contributed by atoms with Crippen LogP contribution in [0, 0.1) is 0 Å². The van der Waals surface area contributed by atoms with Gasteiger partial charge >= 0.3 is 0 Å². The number of sulfone groups is 1. The zero-order valence-corrected chi connectivity index (χ0v) is 7.72. The molecule has 0 spiro atoms. The quantitative estimate of drug-likeness (QED) is 0.662. The highest BCUT2D eigenvalue weighted by atomic mass is 32.2. The first kappa shape index (κ1) is 9.95. The Kier molecular flexibility index (Phi) is 3.49. The Morgan fingerprint density at radius 2 is 1.92 bits per heavy atom. The molecule has 1 saturated heterocycles. The number of hydrogen-bond acceptors (Lipinski definition) is 4. The van der Waals surface area contributed by atoms with E-state index >= 15 is 0 Å². The highest BCUT2D eigenvalue weighted by Gasteiger charge is 2.23. The van der Waals surface area contributed by atoms with Gasteiger partial charge in [0.05, 0.1) is 30.8 Å². The fraction of sp³-hybridized carbons (Fsp3) is 1.00. The van der Waals surface area contributed by atoms with Crippen molar-refractivity contribution in [2.45, 2.75) is 18.9 Å². The first-order chi connectivity index (χ1) is 5.64. The van der Waals surface area contributed by atoms with E-state index < -0.39 is 9.84 Å². The normalized spacial score (nSPS) is 24.1. The second kappa shape index (κ2) is 4.20. The molecular weight excluding hydrogens is 180 g/mol. The van der Waals surface area contributed by atoms with E-state index in [1.54, 1.807) is 0 Å². The Balaban J connectivity index is 2.27. The number of ether oxygens (including phenoxy) is 1. The van der Waals surface area contributed by atoms with E-state index in [1.165, 1.54) is 0 Å². The van der Waals surface area contributed by atoms with Gasteiger partial charge in [0.15, 0.2) is 9.84 Å². The van der Waals surface area contributed by atoms with Crippen LogP contribution in [0.5, 0.6) is 0 Å². The molecule has 5 heteroatoms. The van der Waals surface area contributed by atoms with E-state index in [1.807, 2.05) is 0 Å². The molecule has 1 aliphatic rings. The molecular formula is C7H14O4S. The van der Waals surface area contributed by atoms with E-state index in [-0.39, 0.29) is 24.2 Å². The fourth-order valence-electron chi connectivity index (χ4n) is 1.25. The zero-order valence-electron chi connectivity index (χ0n) is 6.90. The summed E-state index contributed by atoms with van der Waals surface area (Å²) in [4.78, 5) is 0. The third kappa shape index (κ3) is 3.08. The summed E-state index contributed by atoms with van der Waals surface area (Å²) in [7, 11) is -2.78. The Morgan fingerprint density at radius 1 is 1.33 bits per heavy atom. The van der Waals surface area contributed by atoms with Crippen molar-refractivity contribution >= 4 is 9.84 Å². The van der Waals surface area contributed by atoms with Crippen LogP contribution in [0.25, 0.3) is 0 Å². The standard InChI is InChI=1S/C7H14O4S/c8-3-4-11-7-1-5-12(9,10)6-2-7/h7-8H,1-6H2. The Labute approximate surface area is 72.5 Å². The van der Waals surface area contributed by atoms with Gasteiger partial charge in [-0.25, -0.2) is 8.42 Å². The van der Waals surface area contributed by atoms with Crippen molar-refractivity contribution in [1.82, 2.24) is 0 Å². The van der Waals surface area contributed by atoms with Crippen LogP contribution in [-0.4, -0.2) is 44.3 Å². The number of aliphatic hydroxyl groups is 1. The third-order valence-electron chi connectivity index (χ3n) is 1.95. The molecule has 72 valence electrons. The summed E-state index contributed by atoms with van der Waals surface area (Å²) in [5.74, 6) is 0.451. The molecule has 0 aromatic heterocycles. The van der Waals surface area contributed by atoms with Crippen LogP contribution in [0.3, 0.4) is 0 Å². The van der Waals surface area contributed by atoms with Crippen LogP contribution < -0.4 is 0 Å². The Morgan fingerprint density at radius 3 is 2.42 bits per heavy atom. The van der Waals surface area contributed by atoms with Gasteiger partial charge in [-0.1, -0.05) is 0 Å². The Bertz CT molecular complexity index is 208. The molecule has 0 radical (unpaired) electrons. The molecule has 1 heterocycles. The van der Waals surface area contributed by atoms with Crippen molar-refractivity contribution in [3.63, 3.8) is 0 Å². The molecule has 0 bridgehead atoms. The number of aliphatic hydroxyl groups excluding tert-OH is 1. The minimum atomic E-state index is -2.78. The van der Waals surface area contributed by atoms with E-state index in [0.717, 1.165) is 0 Å². The molecule has 0 atom stereocenters. The predicted molar refractivity (Wildman–Crippen MR) is 44.7 cm³/mol. The van der Waals surface area contributed by atoms with E-state index in [0.29, 0.717) is 19.4 Å². The first-order valence-electron chi connectivity index (χ1n) is 4.07. The highest BCUT2D eigenvalue weighted by molar-refractivity contribution is 7.91. The smallest absolute Gasteiger partial charge is 0.150 e. The van der Waals surface area contributed by atoms with Gasteiger partial charge in [-0.05, 0) is 12.8 Å².